The Morgan fingerprint density at radius 2 is 1.80 bits per heavy atom. The Kier molecular flexibility index (Phi) is 4.06. The van der Waals surface area contributed by atoms with E-state index in [0.29, 0.717) is 11.8 Å². The Morgan fingerprint density at radius 3 is 2.45 bits per heavy atom. The van der Waals surface area contributed by atoms with Crippen LogP contribution in [0, 0.1) is 17.8 Å². The SMILES string of the molecule is NCC1CCCC1CNC(=O)C1Cc2ccccc2C1. The lowest BCUT2D eigenvalue weighted by molar-refractivity contribution is -0.124. The first-order valence-corrected chi connectivity index (χ1v) is 7.82. The van der Waals surface area contributed by atoms with Gasteiger partial charge in [0.15, 0.2) is 0 Å². The molecule has 20 heavy (non-hydrogen) atoms. The van der Waals surface area contributed by atoms with Gasteiger partial charge in [0.2, 0.25) is 5.91 Å². The summed E-state index contributed by atoms with van der Waals surface area (Å²) in [6.07, 6.45) is 5.50. The number of carbonyl (C=O) groups excluding carboxylic acids is 1. The van der Waals surface area contributed by atoms with Gasteiger partial charge in [-0.3, -0.25) is 4.79 Å². The van der Waals surface area contributed by atoms with Crippen molar-refractivity contribution in [3.63, 3.8) is 0 Å². The molecule has 0 aromatic heterocycles. The molecule has 0 bridgehead atoms. The summed E-state index contributed by atoms with van der Waals surface area (Å²) in [5.74, 6) is 1.55. The van der Waals surface area contributed by atoms with E-state index < -0.39 is 0 Å². The fraction of sp³-hybridized carbons (Fsp3) is 0.588. The molecular formula is C17H24N2O. The Morgan fingerprint density at radius 1 is 1.15 bits per heavy atom. The molecular weight excluding hydrogens is 248 g/mol. The molecule has 1 saturated carbocycles. The highest BCUT2D eigenvalue weighted by Gasteiger charge is 2.29. The molecule has 3 rings (SSSR count). The van der Waals surface area contributed by atoms with Crippen LogP contribution in [-0.4, -0.2) is 19.0 Å². The molecule has 2 aliphatic rings. The molecule has 1 aromatic rings. The minimum absolute atomic E-state index is 0.130. The van der Waals surface area contributed by atoms with Crippen LogP contribution in [-0.2, 0) is 17.6 Å². The van der Waals surface area contributed by atoms with Crippen molar-refractivity contribution in [1.82, 2.24) is 5.32 Å². The number of hydrogen-bond donors (Lipinski definition) is 2. The van der Waals surface area contributed by atoms with Gasteiger partial charge in [0, 0.05) is 12.5 Å². The van der Waals surface area contributed by atoms with Gasteiger partial charge in [-0.05, 0) is 55.2 Å². The second-order valence-corrected chi connectivity index (χ2v) is 6.31. The third kappa shape index (κ3) is 2.73. The van der Waals surface area contributed by atoms with E-state index in [0.717, 1.165) is 25.9 Å². The number of carbonyl (C=O) groups is 1. The zero-order chi connectivity index (χ0) is 13.9. The first kappa shape index (κ1) is 13.6. The quantitative estimate of drug-likeness (QED) is 0.879. The van der Waals surface area contributed by atoms with E-state index in [1.807, 2.05) is 0 Å². The van der Waals surface area contributed by atoms with Crippen molar-refractivity contribution in [2.24, 2.45) is 23.5 Å². The molecule has 2 aliphatic carbocycles. The molecule has 2 unspecified atom stereocenters. The molecule has 0 spiro atoms. The highest BCUT2D eigenvalue weighted by Crippen LogP contribution is 2.31. The highest BCUT2D eigenvalue weighted by molar-refractivity contribution is 5.80. The monoisotopic (exact) mass is 272 g/mol. The number of fused-ring (bicyclic) bond motifs is 1. The number of benzene rings is 1. The molecule has 0 saturated heterocycles. The van der Waals surface area contributed by atoms with Crippen LogP contribution in [0.2, 0.25) is 0 Å². The number of rotatable bonds is 4. The Labute approximate surface area is 120 Å². The van der Waals surface area contributed by atoms with Crippen molar-refractivity contribution in [1.29, 1.82) is 0 Å². The number of nitrogens with two attached hydrogens (primary N) is 1. The second-order valence-electron chi connectivity index (χ2n) is 6.31. The minimum atomic E-state index is 0.130. The molecule has 1 aromatic carbocycles. The summed E-state index contributed by atoms with van der Waals surface area (Å²) in [4.78, 5) is 12.3. The summed E-state index contributed by atoms with van der Waals surface area (Å²) in [6, 6.07) is 8.40. The summed E-state index contributed by atoms with van der Waals surface area (Å²) in [5, 5.41) is 3.17. The molecule has 2 atom stereocenters. The lowest BCUT2D eigenvalue weighted by atomic mass is 9.96. The van der Waals surface area contributed by atoms with Gasteiger partial charge in [0.05, 0.1) is 0 Å². The van der Waals surface area contributed by atoms with Crippen molar-refractivity contribution in [2.45, 2.75) is 32.1 Å². The van der Waals surface area contributed by atoms with Gasteiger partial charge in [0.25, 0.3) is 0 Å². The molecule has 1 amide bonds. The summed E-state index contributed by atoms with van der Waals surface area (Å²) in [6.45, 7) is 1.57. The van der Waals surface area contributed by atoms with E-state index in [1.54, 1.807) is 0 Å². The predicted molar refractivity (Wildman–Crippen MR) is 80.2 cm³/mol. The van der Waals surface area contributed by atoms with Crippen LogP contribution in [0.5, 0.6) is 0 Å². The minimum Gasteiger partial charge on any atom is -0.356 e. The van der Waals surface area contributed by atoms with Crippen molar-refractivity contribution in [3.05, 3.63) is 35.4 Å². The van der Waals surface area contributed by atoms with E-state index in [-0.39, 0.29) is 11.8 Å². The molecule has 1 fully saturated rings. The van der Waals surface area contributed by atoms with Crippen molar-refractivity contribution >= 4 is 5.91 Å². The average Bonchev–Trinajstić information content (AvgIpc) is 3.10. The van der Waals surface area contributed by atoms with Gasteiger partial charge in [0.1, 0.15) is 0 Å². The maximum atomic E-state index is 12.3. The van der Waals surface area contributed by atoms with Gasteiger partial charge < -0.3 is 11.1 Å². The lowest BCUT2D eigenvalue weighted by Crippen LogP contribution is -2.36. The van der Waals surface area contributed by atoms with Crippen LogP contribution in [0.4, 0.5) is 0 Å². The maximum absolute atomic E-state index is 12.3. The number of amides is 1. The third-order valence-corrected chi connectivity index (χ3v) is 5.08. The summed E-state index contributed by atoms with van der Waals surface area (Å²) in [5.41, 5.74) is 8.48. The topological polar surface area (TPSA) is 55.1 Å². The van der Waals surface area contributed by atoms with Crippen LogP contribution in [0.15, 0.2) is 24.3 Å². The number of nitrogens with one attached hydrogen (secondary N) is 1. The molecule has 3 N–H and O–H groups in total. The van der Waals surface area contributed by atoms with E-state index >= 15 is 0 Å². The van der Waals surface area contributed by atoms with Gasteiger partial charge in [-0.25, -0.2) is 0 Å². The van der Waals surface area contributed by atoms with E-state index in [1.165, 1.54) is 30.4 Å². The van der Waals surface area contributed by atoms with Gasteiger partial charge in [-0.1, -0.05) is 30.7 Å². The van der Waals surface area contributed by atoms with Crippen molar-refractivity contribution < 1.29 is 4.79 Å². The van der Waals surface area contributed by atoms with Crippen LogP contribution in [0.1, 0.15) is 30.4 Å². The molecule has 3 nitrogen and oxygen atoms in total. The van der Waals surface area contributed by atoms with Crippen LogP contribution in [0.3, 0.4) is 0 Å². The predicted octanol–water partition coefficient (Wildman–Crippen LogP) is 1.89. The zero-order valence-electron chi connectivity index (χ0n) is 12.0. The second kappa shape index (κ2) is 5.96. The number of hydrogen-bond acceptors (Lipinski definition) is 2. The van der Waals surface area contributed by atoms with Crippen molar-refractivity contribution in [3.8, 4) is 0 Å². The third-order valence-electron chi connectivity index (χ3n) is 5.08. The molecule has 3 heteroatoms. The van der Waals surface area contributed by atoms with Crippen LogP contribution < -0.4 is 11.1 Å². The summed E-state index contributed by atoms with van der Waals surface area (Å²) in [7, 11) is 0. The fourth-order valence-electron chi connectivity index (χ4n) is 3.81. The standard InChI is InChI=1S/C17H24N2O/c18-10-14-6-3-7-15(14)11-19-17(20)16-8-12-4-1-2-5-13(12)9-16/h1-2,4-5,14-16H,3,6-11,18H2,(H,19,20). The highest BCUT2D eigenvalue weighted by atomic mass is 16.1. The Bertz CT molecular complexity index is 461. The van der Waals surface area contributed by atoms with Gasteiger partial charge in [-0.2, -0.15) is 0 Å². The molecule has 0 radical (unpaired) electrons. The van der Waals surface area contributed by atoms with Crippen LogP contribution >= 0.6 is 0 Å². The Hall–Kier alpha value is -1.35. The zero-order valence-corrected chi connectivity index (χ0v) is 12.0. The first-order chi connectivity index (χ1) is 9.78. The average molecular weight is 272 g/mol. The van der Waals surface area contributed by atoms with Gasteiger partial charge >= 0.3 is 0 Å². The summed E-state index contributed by atoms with van der Waals surface area (Å²) < 4.78 is 0. The lowest BCUT2D eigenvalue weighted by Gasteiger charge is -2.19. The smallest absolute Gasteiger partial charge is 0.223 e. The van der Waals surface area contributed by atoms with Gasteiger partial charge in [-0.15, -0.1) is 0 Å². The van der Waals surface area contributed by atoms with E-state index in [2.05, 4.69) is 29.6 Å². The molecule has 0 heterocycles. The first-order valence-electron chi connectivity index (χ1n) is 7.82. The Balaban J connectivity index is 1.51. The molecule has 0 aliphatic heterocycles. The normalized spacial score (nSPS) is 25.6. The molecule has 108 valence electrons. The summed E-state index contributed by atoms with van der Waals surface area (Å²) >= 11 is 0. The van der Waals surface area contributed by atoms with Crippen LogP contribution in [0.25, 0.3) is 0 Å². The van der Waals surface area contributed by atoms with E-state index in [9.17, 15) is 4.79 Å². The maximum Gasteiger partial charge on any atom is 0.223 e. The van der Waals surface area contributed by atoms with Crippen molar-refractivity contribution in [2.75, 3.05) is 13.1 Å². The fourth-order valence-corrected chi connectivity index (χ4v) is 3.81. The largest absolute Gasteiger partial charge is 0.356 e. The van der Waals surface area contributed by atoms with E-state index in [4.69, 9.17) is 5.73 Å².